The van der Waals surface area contributed by atoms with Crippen LogP contribution in [0.5, 0.6) is 0 Å². The van der Waals surface area contributed by atoms with Gasteiger partial charge in [0.25, 0.3) is 0 Å². The summed E-state index contributed by atoms with van der Waals surface area (Å²) in [5.74, 6) is -0.883. The molecule has 1 aromatic heterocycles. The molecule has 0 bridgehead atoms. The Hall–Kier alpha value is -1.29. The van der Waals surface area contributed by atoms with Crippen molar-refractivity contribution in [3.63, 3.8) is 0 Å². The first-order valence-corrected chi connectivity index (χ1v) is 4.61. The lowest BCUT2D eigenvalue weighted by atomic mass is 10.0. The van der Waals surface area contributed by atoms with Gasteiger partial charge < -0.3 is 14.4 Å². The van der Waals surface area contributed by atoms with Crippen LogP contribution in [0.15, 0.2) is 18.5 Å². The molecule has 4 heteroatoms. The van der Waals surface area contributed by atoms with Crippen LogP contribution in [0.1, 0.15) is 23.7 Å². The largest absolute Gasteiger partial charge is 0.478 e. The minimum Gasteiger partial charge on any atom is -0.478 e. The van der Waals surface area contributed by atoms with Crippen LogP contribution in [0, 0.1) is 0 Å². The molecule has 1 fully saturated rings. The average molecular weight is 195 g/mol. The number of hydrogen-bond acceptors (Lipinski definition) is 2. The second kappa shape index (κ2) is 3.13. The summed E-state index contributed by atoms with van der Waals surface area (Å²) >= 11 is 0. The fraction of sp³-hybridized carbons (Fsp3) is 0.500. The minimum absolute atomic E-state index is 0.0757. The molecule has 1 aliphatic rings. The quantitative estimate of drug-likeness (QED) is 0.774. The lowest BCUT2D eigenvalue weighted by molar-refractivity contribution is 0.0696. The number of aromatic nitrogens is 1. The molecule has 2 heterocycles. The summed E-state index contributed by atoms with van der Waals surface area (Å²) in [5, 5.41) is 8.78. The van der Waals surface area contributed by atoms with Crippen LogP contribution in [0.3, 0.4) is 0 Å². The monoisotopic (exact) mass is 195 g/mol. The number of nitrogens with zero attached hydrogens (tertiary/aromatic N) is 1. The van der Waals surface area contributed by atoms with Crippen molar-refractivity contribution in [2.45, 2.75) is 18.9 Å². The first-order chi connectivity index (χ1) is 6.62. The molecular formula is C10H13NO3. The van der Waals surface area contributed by atoms with Gasteiger partial charge in [0.2, 0.25) is 0 Å². The Kier molecular flexibility index (Phi) is 2.07. The highest BCUT2D eigenvalue weighted by molar-refractivity contribution is 5.87. The molecule has 1 saturated heterocycles. The maximum absolute atomic E-state index is 10.7. The Balaban J connectivity index is 2.28. The van der Waals surface area contributed by atoms with Gasteiger partial charge in [-0.2, -0.15) is 0 Å². The summed E-state index contributed by atoms with van der Waals surface area (Å²) in [4.78, 5) is 10.7. The number of rotatable bonds is 2. The summed E-state index contributed by atoms with van der Waals surface area (Å²) in [5.41, 5.74) is 0.256. The predicted molar refractivity (Wildman–Crippen MR) is 50.5 cm³/mol. The van der Waals surface area contributed by atoms with E-state index in [1.807, 2.05) is 4.57 Å². The normalized spacial score (nSPS) is 26.6. The first kappa shape index (κ1) is 9.27. The molecule has 1 aromatic rings. The highest BCUT2D eigenvalue weighted by Gasteiger charge is 2.31. The zero-order valence-corrected chi connectivity index (χ0v) is 8.06. The molecule has 1 atom stereocenters. The van der Waals surface area contributed by atoms with Gasteiger partial charge in [0.05, 0.1) is 17.7 Å². The maximum Gasteiger partial charge on any atom is 0.337 e. The number of carboxylic acid groups (broad SMARTS) is 1. The van der Waals surface area contributed by atoms with E-state index in [9.17, 15) is 4.79 Å². The second-order valence-corrected chi connectivity index (χ2v) is 3.91. The third-order valence-electron chi connectivity index (χ3n) is 2.76. The van der Waals surface area contributed by atoms with E-state index in [1.165, 1.54) is 0 Å². The van der Waals surface area contributed by atoms with Gasteiger partial charge in [-0.15, -0.1) is 0 Å². The molecular weight excluding hydrogens is 182 g/mol. The van der Waals surface area contributed by atoms with E-state index in [-0.39, 0.29) is 5.54 Å². The van der Waals surface area contributed by atoms with E-state index in [1.54, 1.807) is 18.5 Å². The van der Waals surface area contributed by atoms with Crippen molar-refractivity contribution in [3.05, 3.63) is 24.0 Å². The van der Waals surface area contributed by atoms with Crippen LogP contribution < -0.4 is 0 Å². The van der Waals surface area contributed by atoms with Gasteiger partial charge in [0, 0.05) is 19.0 Å². The molecule has 4 nitrogen and oxygen atoms in total. The SMILES string of the molecule is CC1(n2ccc(C(=O)O)c2)CCOC1. The van der Waals surface area contributed by atoms with Crippen LogP contribution in [0.4, 0.5) is 0 Å². The molecule has 0 amide bonds. The van der Waals surface area contributed by atoms with Gasteiger partial charge in [-0.25, -0.2) is 4.79 Å². The van der Waals surface area contributed by atoms with E-state index in [2.05, 4.69) is 6.92 Å². The highest BCUT2D eigenvalue weighted by atomic mass is 16.5. The van der Waals surface area contributed by atoms with Crippen molar-refractivity contribution in [3.8, 4) is 0 Å². The van der Waals surface area contributed by atoms with E-state index >= 15 is 0 Å². The molecule has 1 N–H and O–H groups in total. The number of carboxylic acids is 1. The van der Waals surface area contributed by atoms with Crippen molar-refractivity contribution < 1.29 is 14.6 Å². The minimum atomic E-state index is -0.883. The molecule has 0 aliphatic carbocycles. The number of carbonyl (C=O) groups is 1. The van der Waals surface area contributed by atoms with Crippen molar-refractivity contribution in [2.75, 3.05) is 13.2 Å². The Labute approximate surface area is 82.1 Å². The van der Waals surface area contributed by atoms with E-state index in [0.717, 1.165) is 13.0 Å². The van der Waals surface area contributed by atoms with Crippen molar-refractivity contribution in [2.24, 2.45) is 0 Å². The summed E-state index contributed by atoms with van der Waals surface area (Å²) in [6, 6.07) is 1.62. The number of hydrogen-bond donors (Lipinski definition) is 1. The van der Waals surface area contributed by atoms with Gasteiger partial charge in [-0.1, -0.05) is 0 Å². The smallest absolute Gasteiger partial charge is 0.337 e. The van der Waals surface area contributed by atoms with Crippen molar-refractivity contribution in [1.29, 1.82) is 0 Å². The van der Waals surface area contributed by atoms with Crippen LogP contribution in [0.25, 0.3) is 0 Å². The highest BCUT2D eigenvalue weighted by Crippen LogP contribution is 2.27. The summed E-state index contributed by atoms with van der Waals surface area (Å²) in [6.45, 7) is 3.48. The van der Waals surface area contributed by atoms with Crippen LogP contribution in [-0.4, -0.2) is 28.9 Å². The van der Waals surface area contributed by atoms with Crippen LogP contribution >= 0.6 is 0 Å². The van der Waals surface area contributed by atoms with E-state index in [4.69, 9.17) is 9.84 Å². The Morgan fingerprint density at radius 3 is 3.00 bits per heavy atom. The fourth-order valence-electron chi connectivity index (χ4n) is 1.72. The zero-order valence-electron chi connectivity index (χ0n) is 8.06. The average Bonchev–Trinajstić information content (AvgIpc) is 2.71. The maximum atomic E-state index is 10.7. The standard InChI is InChI=1S/C10H13NO3/c1-10(3-5-14-7-10)11-4-2-8(6-11)9(12)13/h2,4,6H,3,5,7H2,1H3,(H,12,13). The van der Waals surface area contributed by atoms with E-state index < -0.39 is 5.97 Å². The molecule has 0 spiro atoms. The van der Waals surface area contributed by atoms with Crippen LogP contribution in [0.2, 0.25) is 0 Å². The summed E-state index contributed by atoms with van der Waals surface area (Å²) in [6.07, 6.45) is 4.40. The number of ether oxygens (including phenoxy) is 1. The zero-order chi connectivity index (χ0) is 10.2. The Morgan fingerprint density at radius 1 is 1.71 bits per heavy atom. The Morgan fingerprint density at radius 2 is 2.50 bits per heavy atom. The molecule has 0 saturated carbocycles. The molecule has 14 heavy (non-hydrogen) atoms. The third kappa shape index (κ3) is 1.42. The summed E-state index contributed by atoms with van der Waals surface area (Å²) in [7, 11) is 0. The molecule has 0 aromatic carbocycles. The van der Waals surface area contributed by atoms with Crippen molar-refractivity contribution >= 4 is 5.97 Å². The predicted octanol–water partition coefficient (Wildman–Crippen LogP) is 1.32. The lowest BCUT2D eigenvalue weighted by Gasteiger charge is -2.23. The van der Waals surface area contributed by atoms with Gasteiger partial charge in [0.1, 0.15) is 0 Å². The lowest BCUT2D eigenvalue weighted by Crippen LogP contribution is -2.29. The Bertz CT molecular complexity index is 350. The summed E-state index contributed by atoms with van der Waals surface area (Å²) < 4.78 is 7.25. The van der Waals surface area contributed by atoms with Gasteiger partial charge in [0.15, 0.2) is 0 Å². The second-order valence-electron chi connectivity index (χ2n) is 3.91. The number of aromatic carboxylic acids is 1. The molecule has 1 unspecified atom stereocenters. The van der Waals surface area contributed by atoms with Gasteiger partial charge in [-0.05, 0) is 19.4 Å². The first-order valence-electron chi connectivity index (χ1n) is 4.61. The third-order valence-corrected chi connectivity index (χ3v) is 2.76. The molecule has 0 radical (unpaired) electrons. The van der Waals surface area contributed by atoms with Crippen molar-refractivity contribution in [1.82, 2.24) is 4.57 Å². The molecule has 2 rings (SSSR count). The topological polar surface area (TPSA) is 51.5 Å². The van der Waals surface area contributed by atoms with Gasteiger partial charge >= 0.3 is 5.97 Å². The van der Waals surface area contributed by atoms with Gasteiger partial charge in [-0.3, -0.25) is 0 Å². The van der Waals surface area contributed by atoms with Crippen LogP contribution in [-0.2, 0) is 10.3 Å². The fourth-order valence-corrected chi connectivity index (χ4v) is 1.72. The van der Waals surface area contributed by atoms with E-state index in [0.29, 0.717) is 12.2 Å². The molecule has 1 aliphatic heterocycles. The molecule has 76 valence electrons.